The molecule has 0 aromatic heterocycles. The molecule has 0 amide bonds. The van der Waals surface area contributed by atoms with Crippen LogP contribution in [-0.2, 0) is 61.7 Å². The van der Waals surface area contributed by atoms with Crippen LogP contribution in [0.3, 0.4) is 0 Å². The van der Waals surface area contributed by atoms with E-state index in [-0.39, 0.29) is 0 Å². The number of allylic oxidation sites excluding steroid dienone is 12. The molecule has 3 rings (SSSR count). The second kappa shape index (κ2) is 11.4. The van der Waals surface area contributed by atoms with Gasteiger partial charge in [0.2, 0.25) is 0 Å². The Labute approximate surface area is 182 Å². The molecule has 0 spiro atoms. The minimum atomic E-state index is -2.07. The first-order valence-corrected chi connectivity index (χ1v) is 33.0. The Kier molecular flexibility index (Phi) is 11.0. The van der Waals surface area contributed by atoms with Crippen LogP contribution in [0.5, 0.6) is 0 Å². The molecular weight excluding hydrogens is 568 g/mol. The van der Waals surface area contributed by atoms with Crippen LogP contribution < -0.4 is 11.0 Å². The van der Waals surface area contributed by atoms with Gasteiger partial charge in [0.1, 0.15) is 0 Å². The van der Waals surface area contributed by atoms with Gasteiger partial charge in [-0.15, -0.1) is 0 Å². The van der Waals surface area contributed by atoms with E-state index in [1.165, 1.54) is 0 Å². The van der Waals surface area contributed by atoms with Crippen LogP contribution in [0.25, 0.3) is 0 Å². The summed E-state index contributed by atoms with van der Waals surface area (Å²) in [6.07, 6.45) is 25.9. The van der Waals surface area contributed by atoms with Crippen LogP contribution in [0, 0.1) is 0 Å². The van der Waals surface area contributed by atoms with Crippen molar-refractivity contribution in [3.05, 3.63) is 72.9 Å². The zero-order valence-corrected chi connectivity index (χ0v) is 25.3. The van der Waals surface area contributed by atoms with Gasteiger partial charge in [-0.1, -0.05) is 0 Å². The fourth-order valence-electron chi connectivity index (χ4n) is 2.78. The Morgan fingerprint density at radius 1 is 0.407 bits per heavy atom. The van der Waals surface area contributed by atoms with Crippen molar-refractivity contribution in [2.45, 2.75) is 38.7 Å². The fourth-order valence-corrected chi connectivity index (χ4v) is 11.7. The summed E-state index contributed by atoms with van der Waals surface area (Å²) in [5.41, 5.74) is 0. The second-order valence-electron chi connectivity index (χ2n) is 9.35. The van der Waals surface area contributed by atoms with Gasteiger partial charge >= 0.3 is 184 Å². The van der Waals surface area contributed by atoms with Crippen LogP contribution in [-0.4, -0.2) is 0 Å². The van der Waals surface area contributed by atoms with Crippen LogP contribution in [0.1, 0.15) is 0 Å². The van der Waals surface area contributed by atoms with Gasteiger partial charge in [-0.05, 0) is 0 Å². The van der Waals surface area contributed by atoms with E-state index < -0.39 is 61.7 Å². The van der Waals surface area contributed by atoms with E-state index >= 15 is 0 Å². The van der Waals surface area contributed by atoms with E-state index in [0.29, 0.717) is 10.9 Å². The van der Waals surface area contributed by atoms with Gasteiger partial charge in [0.25, 0.3) is 0 Å². The molecule has 0 heterocycles. The number of hydrogen-bond acceptors (Lipinski definition) is 3. The molecule has 0 fully saturated rings. The first kappa shape index (κ1) is 26.0. The van der Waals surface area contributed by atoms with Gasteiger partial charge in [0, 0.05) is 0 Å². The van der Waals surface area contributed by atoms with Crippen molar-refractivity contribution in [2.24, 2.45) is 11.0 Å². The third kappa shape index (κ3) is 10.5. The third-order valence-electron chi connectivity index (χ3n) is 4.82. The Hall–Kier alpha value is 0.969. The van der Waals surface area contributed by atoms with Crippen LogP contribution >= 0.6 is 0 Å². The first-order chi connectivity index (χ1) is 12.3. The van der Waals surface area contributed by atoms with Crippen molar-refractivity contribution in [1.82, 2.24) is 0 Å². The number of rotatable bonds is 3. The summed E-state index contributed by atoms with van der Waals surface area (Å²) in [6.45, 7) is 0. The summed E-state index contributed by atoms with van der Waals surface area (Å²) in [5.74, 6) is 0. The summed E-state index contributed by atoms with van der Waals surface area (Å²) >= 11 is -6.20. The molecule has 150 valence electrons. The summed E-state index contributed by atoms with van der Waals surface area (Å²) < 4.78 is 33.6. The van der Waals surface area contributed by atoms with Crippen molar-refractivity contribution in [3.63, 3.8) is 0 Å². The molecule has 0 radical (unpaired) electrons. The molecule has 3 nitrogen and oxygen atoms in total. The van der Waals surface area contributed by atoms with E-state index in [0.717, 1.165) is 0 Å². The maximum atomic E-state index is 6.05. The van der Waals surface area contributed by atoms with E-state index in [2.05, 4.69) is 101 Å². The summed E-state index contributed by atoms with van der Waals surface area (Å²) in [7, 11) is 0. The van der Waals surface area contributed by atoms with E-state index in [9.17, 15) is 0 Å². The topological polar surface area (TPSA) is 78.1 Å². The Morgan fingerprint density at radius 2 is 0.556 bits per heavy atom. The van der Waals surface area contributed by atoms with Gasteiger partial charge in [-0.25, -0.2) is 0 Å². The summed E-state index contributed by atoms with van der Waals surface area (Å²) in [4.78, 5) is 0. The summed E-state index contributed by atoms with van der Waals surface area (Å²) in [5, 5.41) is 0. The molecular formula is C21H39N3Zr3. The van der Waals surface area contributed by atoms with E-state index in [1.54, 1.807) is 0 Å². The van der Waals surface area contributed by atoms with Gasteiger partial charge < -0.3 is 0 Å². The average molecular weight is 607 g/mol. The van der Waals surface area contributed by atoms with Crippen molar-refractivity contribution < 1.29 is 61.7 Å². The van der Waals surface area contributed by atoms with Crippen LogP contribution in [0.4, 0.5) is 0 Å². The minimum absolute atomic E-state index is 0.638. The zero-order valence-electron chi connectivity index (χ0n) is 17.9. The zero-order chi connectivity index (χ0) is 20.7. The van der Waals surface area contributed by atoms with Gasteiger partial charge in [0.05, 0.1) is 0 Å². The van der Waals surface area contributed by atoms with Crippen LogP contribution in [0.2, 0.25) is 38.7 Å². The molecule has 6 heteroatoms. The van der Waals surface area contributed by atoms with Crippen molar-refractivity contribution in [1.29, 1.82) is 0 Å². The SMILES string of the molecule is [CH3][Zr]([CH3])([NH2])[CH]1C=CC=C1.[CH3][Zr]([CH3])([NH2])[CH]1C=CC=C1.[CH3][Zr]([CH3])([NH2])[CH]1C=CC=C1. The molecule has 3 aliphatic rings. The second-order valence-corrected chi connectivity index (χ2v) is 41.1. The molecule has 0 aromatic carbocycles. The van der Waals surface area contributed by atoms with Gasteiger partial charge in [-0.3, -0.25) is 0 Å². The predicted octanol–water partition coefficient (Wildman–Crippen LogP) is 6.07. The maximum absolute atomic E-state index is 6.05. The number of nitrogens with two attached hydrogens (primary N) is 3. The average Bonchev–Trinajstić information content (AvgIpc) is 3.28. The quantitative estimate of drug-likeness (QED) is 0.365. The molecule has 0 unspecified atom stereocenters. The Balaban J connectivity index is 0.000000202. The van der Waals surface area contributed by atoms with Gasteiger partial charge in [0.15, 0.2) is 0 Å². The standard InChI is InChI=1S/3C5H5.6CH3.3H2N.3Zr/c3*1-2-4-5-3-1;;;;;;;;;;;;/h3*1-5H;6*1H3;3*1H2;;;/q;;;;;;;;;3*-1;3*+1. The van der Waals surface area contributed by atoms with Crippen molar-refractivity contribution in [3.8, 4) is 0 Å². The summed E-state index contributed by atoms with van der Waals surface area (Å²) in [6, 6.07) is 0. The Bertz CT molecular complexity index is 513. The molecule has 0 saturated heterocycles. The van der Waals surface area contributed by atoms with E-state index in [1.807, 2.05) is 0 Å². The fraction of sp³-hybridized carbons (Fsp3) is 0.429. The van der Waals surface area contributed by atoms with Crippen molar-refractivity contribution in [2.75, 3.05) is 0 Å². The predicted molar refractivity (Wildman–Crippen MR) is 114 cm³/mol. The molecule has 27 heavy (non-hydrogen) atoms. The normalized spacial score (nSPS) is 19.4. The Morgan fingerprint density at radius 3 is 0.630 bits per heavy atom. The van der Waals surface area contributed by atoms with E-state index in [4.69, 9.17) is 11.0 Å². The molecule has 0 aromatic rings. The van der Waals surface area contributed by atoms with Gasteiger partial charge in [-0.2, -0.15) is 0 Å². The monoisotopic (exact) mass is 603 g/mol. The molecule has 0 atom stereocenters. The molecule has 6 N–H and O–H groups in total. The first-order valence-electron chi connectivity index (χ1n) is 9.73. The van der Waals surface area contributed by atoms with Crippen LogP contribution in [0.15, 0.2) is 72.9 Å². The molecule has 0 bridgehead atoms. The molecule has 0 saturated carbocycles. The van der Waals surface area contributed by atoms with Crippen molar-refractivity contribution >= 4 is 0 Å². The number of hydrogen-bond donors (Lipinski definition) is 3. The third-order valence-corrected chi connectivity index (χ3v) is 20.3. The molecule has 3 aliphatic carbocycles. The molecule has 0 aliphatic heterocycles.